The molecule has 10 nitrogen and oxygen atoms in total. The normalized spacial score (nSPS) is 13.1. The number of carbonyl (C=O) groups excluding carboxylic acids is 2. The second-order valence-corrected chi connectivity index (χ2v) is 7.81. The second-order valence-electron chi connectivity index (χ2n) is 7.81. The number of nitrogens with zero attached hydrogens (tertiary/aromatic N) is 5. The van der Waals surface area contributed by atoms with Crippen molar-refractivity contribution in [3.63, 3.8) is 0 Å². The highest BCUT2D eigenvalue weighted by atomic mass is 16.5. The first-order valence-corrected chi connectivity index (χ1v) is 10.7. The lowest BCUT2D eigenvalue weighted by Gasteiger charge is -2.15. The van der Waals surface area contributed by atoms with Crippen LogP contribution in [0.4, 0.5) is 11.6 Å². The lowest BCUT2D eigenvalue weighted by atomic mass is 10.2. The molecule has 0 saturated carbocycles. The fourth-order valence-electron chi connectivity index (χ4n) is 3.81. The minimum Gasteiger partial charge on any atom is -0.467 e. The van der Waals surface area contributed by atoms with Gasteiger partial charge in [-0.15, -0.1) is 10.2 Å². The van der Waals surface area contributed by atoms with Gasteiger partial charge in [0.05, 0.1) is 18.4 Å². The maximum absolute atomic E-state index is 12.5. The Morgan fingerprint density at radius 1 is 1.21 bits per heavy atom. The van der Waals surface area contributed by atoms with Crippen molar-refractivity contribution in [1.82, 2.24) is 14.8 Å². The topological polar surface area (TPSA) is 126 Å². The molecule has 3 aromatic rings. The highest BCUT2D eigenvalue weighted by Gasteiger charge is 2.22. The maximum Gasteiger partial charge on any atom is 0.359 e. The van der Waals surface area contributed by atoms with E-state index in [9.17, 15) is 14.9 Å². The molecule has 1 saturated heterocycles. The second kappa shape index (κ2) is 9.56. The Labute approximate surface area is 190 Å². The van der Waals surface area contributed by atoms with E-state index < -0.39 is 18.5 Å². The van der Waals surface area contributed by atoms with Gasteiger partial charge in [0.15, 0.2) is 18.1 Å². The largest absolute Gasteiger partial charge is 0.467 e. The molecular formula is C23H24N6O4. The number of amides is 1. The molecule has 0 radical (unpaired) electrons. The summed E-state index contributed by atoms with van der Waals surface area (Å²) in [6.07, 6.45) is 3.78. The molecule has 1 amide bonds. The monoisotopic (exact) mass is 448 g/mol. The van der Waals surface area contributed by atoms with E-state index in [4.69, 9.17) is 9.15 Å². The molecule has 3 aromatic heterocycles. The molecule has 0 unspecified atom stereocenters. The molecule has 0 aromatic carbocycles. The number of hydrogen-bond acceptors (Lipinski definition) is 8. The Kier molecular flexibility index (Phi) is 6.40. The number of esters is 1. The number of anilines is 2. The number of nitriles is 1. The van der Waals surface area contributed by atoms with Gasteiger partial charge in [0, 0.05) is 18.8 Å². The summed E-state index contributed by atoms with van der Waals surface area (Å²) in [5.74, 6) is 0.410. The van der Waals surface area contributed by atoms with Gasteiger partial charge in [-0.2, -0.15) is 5.26 Å². The standard InChI is InChI=1S/C23H24N6O4/c1-15-16(2)29(13-17-6-5-11-32-17)22(18(15)12-24)25-21(30)14-33-23(31)19-7-8-20(27-26-19)28-9-3-4-10-28/h5-8,11H,3-4,9-10,13-14H2,1-2H3,(H,25,30). The summed E-state index contributed by atoms with van der Waals surface area (Å²) in [5, 5.41) is 20.3. The molecule has 4 rings (SSSR count). The van der Waals surface area contributed by atoms with Crippen molar-refractivity contribution < 1.29 is 18.7 Å². The summed E-state index contributed by atoms with van der Waals surface area (Å²) in [7, 11) is 0. The summed E-state index contributed by atoms with van der Waals surface area (Å²) >= 11 is 0. The first-order chi connectivity index (χ1) is 16.0. The predicted octanol–water partition coefficient (Wildman–Crippen LogP) is 2.80. The molecule has 1 aliphatic rings. The van der Waals surface area contributed by atoms with Crippen molar-refractivity contribution in [2.75, 3.05) is 29.9 Å². The summed E-state index contributed by atoms with van der Waals surface area (Å²) in [6.45, 7) is 5.33. The summed E-state index contributed by atoms with van der Waals surface area (Å²) in [4.78, 5) is 26.9. The third-order valence-electron chi connectivity index (χ3n) is 5.72. The van der Waals surface area contributed by atoms with E-state index in [1.165, 1.54) is 6.07 Å². The van der Waals surface area contributed by atoms with E-state index in [1.807, 2.05) is 19.9 Å². The Bertz CT molecular complexity index is 1190. The van der Waals surface area contributed by atoms with E-state index in [1.54, 1.807) is 23.0 Å². The smallest absolute Gasteiger partial charge is 0.359 e. The number of ether oxygens (including phenoxy) is 1. The first-order valence-electron chi connectivity index (χ1n) is 10.7. The van der Waals surface area contributed by atoms with Crippen LogP contribution in [0, 0.1) is 25.2 Å². The zero-order chi connectivity index (χ0) is 23.4. The van der Waals surface area contributed by atoms with E-state index >= 15 is 0 Å². The third kappa shape index (κ3) is 4.72. The van der Waals surface area contributed by atoms with Crippen molar-refractivity contribution in [3.05, 3.63) is 58.8 Å². The number of carbonyl (C=O) groups is 2. The molecule has 0 bridgehead atoms. The predicted molar refractivity (Wildman–Crippen MR) is 119 cm³/mol. The first kappa shape index (κ1) is 22.1. The number of hydrogen-bond donors (Lipinski definition) is 1. The van der Waals surface area contributed by atoms with Gasteiger partial charge in [-0.25, -0.2) is 4.79 Å². The molecule has 170 valence electrons. The molecule has 0 spiro atoms. The average molecular weight is 448 g/mol. The van der Waals surface area contributed by atoms with Crippen molar-refractivity contribution in [2.24, 2.45) is 0 Å². The summed E-state index contributed by atoms with van der Waals surface area (Å²) in [6, 6.07) is 8.97. The summed E-state index contributed by atoms with van der Waals surface area (Å²) < 4.78 is 12.3. The van der Waals surface area contributed by atoms with E-state index in [-0.39, 0.29) is 5.69 Å². The quantitative estimate of drug-likeness (QED) is 0.547. The zero-order valence-corrected chi connectivity index (χ0v) is 18.5. The Morgan fingerprint density at radius 3 is 2.64 bits per heavy atom. The minimum absolute atomic E-state index is 0.0244. The number of rotatable bonds is 7. The van der Waals surface area contributed by atoms with Crippen LogP contribution in [0.25, 0.3) is 0 Å². The van der Waals surface area contributed by atoms with Crippen molar-refractivity contribution in [1.29, 1.82) is 5.26 Å². The number of nitrogens with one attached hydrogen (secondary N) is 1. The van der Waals surface area contributed by atoms with Crippen LogP contribution in [0.5, 0.6) is 0 Å². The van der Waals surface area contributed by atoms with Crippen LogP contribution in [0.1, 0.15) is 45.9 Å². The van der Waals surface area contributed by atoms with Crippen LogP contribution in [0.15, 0.2) is 34.9 Å². The third-order valence-corrected chi connectivity index (χ3v) is 5.72. The molecule has 10 heteroatoms. The van der Waals surface area contributed by atoms with Gasteiger partial charge in [-0.05, 0) is 56.5 Å². The number of furan rings is 1. The van der Waals surface area contributed by atoms with Gasteiger partial charge < -0.3 is 23.9 Å². The van der Waals surface area contributed by atoms with Gasteiger partial charge in [-0.3, -0.25) is 4.79 Å². The van der Waals surface area contributed by atoms with E-state index in [0.717, 1.165) is 37.2 Å². The summed E-state index contributed by atoms with van der Waals surface area (Å²) in [5.41, 5.74) is 1.95. The van der Waals surface area contributed by atoms with Crippen LogP contribution in [0.3, 0.4) is 0 Å². The van der Waals surface area contributed by atoms with Crippen LogP contribution in [0.2, 0.25) is 0 Å². The SMILES string of the molecule is Cc1c(C#N)c(NC(=O)COC(=O)c2ccc(N3CCCC3)nn2)n(Cc2ccco2)c1C. The highest BCUT2D eigenvalue weighted by Crippen LogP contribution is 2.27. The molecular weight excluding hydrogens is 424 g/mol. The zero-order valence-electron chi connectivity index (χ0n) is 18.5. The van der Waals surface area contributed by atoms with E-state index in [0.29, 0.717) is 29.5 Å². The van der Waals surface area contributed by atoms with Crippen molar-refractivity contribution in [3.8, 4) is 6.07 Å². The molecule has 1 N–H and O–H groups in total. The lowest BCUT2D eigenvalue weighted by molar-refractivity contribution is -0.119. The molecule has 1 fully saturated rings. The fourth-order valence-corrected chi connectivity index (χ4v) is 3.81. The Balaban J connectivity index is 1.41. The number of aromatic nitrogens is 3. The van der Waals surface area contributed by atoms with Gasteiger partial charge in [0.2, 0.25) is 0 Å². The van der Waals surface area contributed by atoms with Crippen LogP contribution in [-0.4, -0.2) is 46.3 Å². The maximum atomic E-state index is 12.5. The van der Waals surface area contributed by atoms with Crippen LogP contribution < -0.4 is 10.2 Å². The van der Waals surface area contributed by atoms with Gasteiger partial charge >= 0.3 is 5.97 Å². The minimum atomic E-state index is -0.746. The molecule has 0 aliphatic carbocycles. The Hall–Kier alpha value is -4.13. The average Bonchev–Trinajstić information content (AvgIpc) is 3.58. The fraction of sp³-hybridized carbons (Fsp3) is 0.348. The van der Waals surface area contributed by atoms with Crippen molar-refractivity contribution >= 4 is 23.5 Å². The molecule has 0 atom stereocenters. The van der Waals surface area contributed by atoms with Gasteiger partial charge in [-0.1, -0.05) is 0 Å². The highest BCUT2D eigenvalue weighted by molar-refractivity contribution is 5.95. The van der Waals surface area contributed by atoms with Crippen molar-refractivity contribution in [2.45, 2.75) is 33.2 Å². The molecule has 4 heterocycles. The van der Waals surface area contributed by atoms with Gasteiger partial charge in [0.25, 0.3) is 5.91 Å². The van der Waals surface area contributed by atoms with Gasteiger partial charge in [0.1, 0.15) is 17.6 Å². The molecule has 33 heavy (non-hydrogen) atoms. The molecule has 1 aliphatic heterocycles. The van der Waals surface area contributed by atoms with Crippen LogP contribution >= 0.6 is 0 Å². The Morgan fingerprint density at radius 2 is 2.00 bits per heavy atom. The lowest BCUT2D eigenvalue weighted by Crippen LogP contribution is -2.24. The van der Waals surface area contributed by atoms with E-state index in [2.05, 4.69) is 26.5 Å². The van der Waals surface area contributed by atoms with Crippen LogP contribution in [-0.2, 0) is 16.1 Å².